The molecule has 2 rings (SSSR count). The van der Waals surface area contributed by atoms with Crippen molar-refractivity contribution in [2.75, 3.05) is 5.32 Å². The lowest BCUT2D eigenvalue weighted by molar-refractivity contribution is -0.110. The maximum atomic E-state index is 11.9. The second-order valence-electron chi connectivity index (χ2n) is 6.08. The van der Waals surface area contributed by atoms with Crippen molar-refractivity contribution in [3.05, 3.63) is 34.9 Å². The van der Waals surface area contributed by atoms with Gasteiger partial charge in [-0.05, 0) is 39.3 Å². The second kappa shape index (κ2) is 5.04. The van der Waals surface area contributed by atoms with Gasteiger partial charge >= 0.3 is 0 Å². The molecule has 0 saturated heterocycles. The van der Waals surface area contributed by atoms with Crippen LogP contribution in [0, 0.1) is 0 Å². The van der Waals surface area contributed by atoms with Gasteiger partial charge in [0.1, 0.15) is 0 Å². The van der Waals surface area contributed by atoms with E-state index < -0.39 is 11.7 Å². The lowest BCUT2D eigenvalue weighted by atomic mass is 9.94. The Bertz CT molecular complexity index is 578. The number of fused-ring (bicyclic) bond motifs is 1. The highest BCUT2D eigenvalue weighted by Gasteiger charge is 2.27. The highest BCUT2D eigenvalue weighted by Crippen LogP contribution is 2.34. The van der Waals surface area contributed by atoms with Crippen LogP contribution in [0.3, 0.4) is 0 Å². The summed E-state index contributed by atoms with van der Waals surface area (Å²) in [6.07, 6.45) is -0.503. The molecule has 1 aromatic rings. The van der Waals surface area contributed by atoms with E-state index in [-0.39, 0.29) is 5.91 Å². The number of anilines is 1. The van der Waals surface area contributed by atoms with Gasteiger partial charge in [0.15, 0.2) is 0 Å². The average Bonchev–Trinajstić information content (AvgIpc) is 2.62. The van der Waals surface area contributed by atoms with Gasteiger partial charge in [-0.1, -0.05) is 17.7 Å². The lowest BCUT2D eigenvalue weighted by Crippen LogP contribution is -2.37. The van der Waals surface area contributed by atoms with E-state index in [4.69, 9.17) is 0 Å². The Morgan fingerprint density at radius 2 is 2.00 bits per heavy atom. The van der Waals surface area contributed by atoms with Crippen molar-refractivity contribution in [2.24, 2.45) is 0 Å². The van der Waals surface area contributed by atoms with Gasteiger partial charge in [0.25, 0.3) is 5.91 Å². The molecule has 0 spiro atoms. The highest BCUT2D eigenvalue weighted by molar-refractivity contribution is 6.32. The summed E-state index contributed by atoms with van der Waals surface area (Å²) in [6.45, 7) is 6.98. The molecule has 1 aliphatic heterocycles. The van der Waals surface area contributed by atoms with E-state index in [2.05, 4.69) is 5.32 Å². The summed E-state index contributed by atoms with van der Waals surface area (Å²) in [7, 11) is 0. The predicted octanol–water partition coefficient (Wildman–Crippen LogP) is 2.11. The second-order valence-corrected chi connectivity index (χ2v) is 6.08. The third-order valence-electron chi connectivity index (χ3n) is 3.57. The number of carbonyl (C=O) groups is 1. The van der Waals surface area contributed by atoms with Gasteiger partial charge < -0.3 is 15.5 Å². The van der Waals surface area contributed by atoms with Crippen LogP contribution >= 0.6 is 0 Å². The summed E-state index contributed by atoms with van der Waals surface area (Å²) in [5, 5.41) is 22.5. The van der Waals surface area contributed by atoms with Crippen molar-refractivity contribution in [1.82, 2.24) is 0 Å². The summed E-state index contributed by atoms with van der Waals surface area (Å²) in [4.78, 5) is 11.9. The molecule has 3 N–H and O–H groups in total. The molecule has 1 aromatic carbocycles. The number of carbonyl (C=O) groups excluding carboxylic acids is 1. The summed E-state index contributed by atoms with van der Waals surface area (Å²) in [5.74, 6) is -0.0832. The molecule has 4 nitrogen and oxygen atoms in total. The van der Waals surface area contributed by atoms with Gasteiger partial charge in [-0.15, -0.1) is 0 Å². The number of aliphatic hydroxyl groups is 2. The molecular weight excluding hydrogens is 254 g/mol. The smallest absolute Gasteiger partial charge is 0.256 e. The summed E-state index contributed by atoms with van der Waals surface area (Å²) >= 11 is 0. The Morgan fingerprint density at radius 1 is 1.35 bits per heavy atom. The van der Waals surface area contributed by atoms with E-state index in [1.54, 1.807) is 13.8 Å². The molecule has 0 saturated carbocycles. The van der Waals surface area contributed by atoms with E-state index in [1.165, 1.54) is 0 Å². The van der Waals surface area contributed by atoms with Crippen LogP contribution in [0.25, 0.3) is 5.57 Å². The fraction of sp³-hybridized carbons (Fsp3) is 0.438. The summed E-state index contributed by atoms with van der Waals surface area (Å²) < 4.78 is 0. The Labute approximate surface area is 119 Å². The van der Waals surface area contributed by atoms with Gasteiger partial charge in [0.2, 0.25) is 0 Å². The van der Waals surface area contributed by atoms with Gasteiger partial charge in [-0.3, -0.25) is 4.79 Å². The van der Waals surface area contributed by atoms with Crippen LogP contribution in [0.1, 0.15) is 38.8 Å². The molecule has 1 unspecified atom stereocenters. The normalized spacial score (nSPS) is 15.9. The third-order valence-corrected chi connectivity index (χ3v) is 3.57. The predicted molar refractivity (Wildman–Crippen MR) is 79.3 cm³/mol. The molecule has 20 heavy (non-hydrogen) atoms. The number of rotatable bonds is 3. The molecule has 1 heterocycles. The summed E-state index contributed by atoms with van der Waals surface area (Å²) in [5.41, 5.74) is 3.10. The third kappa shape index (κ3) is 2.76. The number of hydrogen-bond donors (Lipinski definition) is 3. The lowest BCUT2D eigenvalue weighted by Gasteiger charge is -2.24. The number of hydrogen-bond acceptors (Lipinski definition) is 3. The van der Waals surface area contributed by atoms with Crippen molar-refractivity contribution in [3.8, 4) is 0 Å². The Balaban J connectivity index is 2.30. The first-order valence-electron chi connectivity index (χ1n) is 6.72. The van der Waals surface area contributed by atoms with E-state index >= 15 is 0 Å². The van der Waals surface area contributed by atoms with Gasteiger partial charge in [-0.25, -0.2) is 0 Å². The number of benzene rings is 1. The Hall–Kier alpha value is -1.65. The standard InChI is InChI=1S/C16H21NO3/c1-9(2)14-11-6-5-10(7-12(11)17-15(14)19)8-13(18)16(3,4)20/h5-7,13,18,20H,8H2,1-4H3,(H,17,19). The number of allylic oxidation sites excluding steroid dienone is 1. The van der Waals surface area contributed by atoms with Crippen molar-refractivity contribution in [3.63, 3.8) is 0 Å². The van der Waals surface area contributed by atoms with Crippen molar-refractivity contribution in [2.45, 2.75) is 45.8 Å². The van der Waals surface area contributed by atoms with Crippen LogP contribution < -0.4 is 5.32 Å². The first-order valence-corrected chi connectivity index (χ1v) is 6.72. The first-order chi connectivity index (χ1) is 9.20. The van der Waals surface area contributed by atoms with Crippen LogP contribution in [0.2, 0.25) is 0 Å². The van der Waals surface area contributed by atoms with Crippen molar-refractivity contribution >= 4 is 17.2 Å². The fourth-order valence-electron chi connectivity index (χ4n) is 2.32. The molecule has 1 amide bonds. The van der Waals surface area contributed by atoms with E-state index in [0.29, 0.717) is 6.42 Å². The largest absolute Gasteiger partial charge is 0.390 e. The monoisotopic (exact) mass is 275 g/mol. The van der Waals surface area contributed by atoms with E-state index in [1.807, 2.05) is 32.0 Å². The molecular formula is C16H21NO3. The van der Waals surface area contributed by atoms with E-state index in [0.717, 1.165) is 28.0 Å². The molecule has 0 aromatic heterocycles. The fourth-order valence-corrected chi connectivity index (χ4v) is 2.32. The van der Waals surface area contributed by atoms with Crippen LogP contribution in [-0.2, 0) is 11.2 Å². The van der Waals surface area contributed by atoms with Crippen LogP contribution in [0.15, 0.2) is 23.8 Å². The molecule has 0 aliphatic carbocycles. The maximum absolute atomic E-state index is 11.9. The summed E-state index contributed by atoms with van der Waals surface area (Å²) in [6, 6.07) is 5.64. The van der Waals surface area contributed by atoms with Crippen molar-refractivity contribution in [1.29, 1.82) is 0 Å². The average molecular weight is 275 g/mol. The maximum Gasteiger partial charge on any atom is 0.256 e. The van der Waals surface area contributed by atoms with Gasteiger partial charge in [-0.2, -0.15) is 0 Å². The van der Waals surface area contributed by atoms with Crippen LogP contribution in [0.4, 0.5) is 5.69 Å². The number of nitrogens with one attached hydrogen (secondary N) is 1. The highest BCUT2D eigenvalue weighted by atomic mass is 16.3. The minimum atomic E-state index is -1.15. The number of aliphatic hydroxyl groups excluding tert-OH is 1. The van der Waals surface area contributed by atoms with E-state index in [9.17, 15) is 15.0 Å². The number of amides is 1. The van der Waals surface area contributed by atoms with Crippen LogP contribution in [0.5, 0.6) is 0 Å². The minimum Gasteiger partial charge on any atom is -0.390 e. The Morgan fingerprint density at radius 3 is 2.55 bits per heavy atom. The topological polar surface area (TPSA) is 69.6 Å². The molecule has 1 atom stereocenters. The molecule has 108 valence electrons. The van der Waals surface area contributed by atoms with Gasteiger partial charge in [0.05, 0.1) is 11.7 Å². The zero-order valence-electron chi connectivity index (χ0n) is 12.3. The molecule has 4 heteroatoms. The Kier molecular flexibility index (Phi) is 3.71. The van der Waals surface area contributed by atoms with Crippen molar-refractivity contribution < 1.29 is 15.0 Å². The molecule has 1 aliphatic rings. The molecule has 0 bridgehead atoms. The zero-order chi connectivity index (χ0) is 15.1. The molecule has 0 fully saturated rings. The van der Waals surface area contributed by atoms with Gasteiger partial charge in [0, 0.05) is 23.2 Å². The zero-order valence-corrected chi connectivity index (χ0v) is 12.3. The quantitative estimate of drug-likeness (QED) is 0.740. The first kappa shape index (κ1) is 14.8. The minimum absolute atomic E-state index is 0.0832. The van der Waals surface area contributed by atoms with Crippen LogP contribution in [-0.4, -0.2) is 27.8 Å². The molecule has 0 radical (unpaired) electrons. The SMILES string of the molecule is CC(C)=C1C(=O)Nc2cc(CC(O)C(C)(C)O)ccc21.